The summed E-state index contributed by atoms with van der Waals surface area (Å²) < 4.78 is 32.5. The zero-order valence-corrected chi connectivity index (χ0v) is 13.5. The second kappa shape index (κ2) is 6.66. The van der Waals surface area contributed by atoms with Crippen molar-refractivity contribution in [2.75, 3.05) is 6.61 Å². The number of ketones is 1. The SMILES string of the molecule is CCOC(=O)C(C(=O)c1cc(F)c(C)c(F)c1Cl)=C(N)C1CC1. The third kappa shape index (κ3) is 3.37. The smallest absolute Gasteiger partial charge is 0.343 e. The molecule has 1 aliphatic carbocycles. The number of rotatable bonds is 5. The van der Waals surface area contributed by atoms with E-state index in [0.717, 1.165) is 18.9 Å². The molecule has 1 fully saturated rings. The Morgan fingerprint density at radius 3 is 2.52 bits per heavy atom. The fourth-order valence-corrected chi connectivity index (χ4v) is 2.41. The number of hydrogen-bond donors (Lipinski definition) is 1. The Morgan fingerprint density at radius 2 is 2.00 bits per heavy atom. The van der Waals surface area contributed by atoms with Crippen LogP contribution < -0.4 is 5.73 Å². The number of allylic oxidation sites excluding steroid dienone is 1. The largest absolute Gasteiger partial charge is 0.462 e. The Hall–Kier alpha value is -1.95. The summed E-state index contributed by atoms with van der Waals surface area (Å²) in [5.74, 6) is -3.92. The maximum absolute atomic E-state index is 13.9. The molecular formula is C16H16ClF2NO3. The van der Waals surface area contributed by atoms with Gasteiger partial charge in [-0.05, 0) is 38.7 Å². The molecular weight excluding hydrogens is 328 g/mol. The van der Waals surface area contributed by atoms with E-state index in [-0.39, 0.29) is 23.8 Å². The maximum Gasteiger partial charge on any atom is 0.343 e. The summed E-state index contributed by atoms with van der Waals surface area (Å²) in [5, 5.41) is -0.542. The molecule has 0 aromatic heterocycles. The van der Waals surface area contributed by atoms with Gasteiger partial charge in [0.05, 0.1) is 11.6 Å². The lowest BCUT2D eigenvalue weighted by atomic mass is 9.98. The van der Waals surface area contributed by atoms with E-state index in [9.17, 15) is 18.4 Å². The molecule has 1 aromatic rings. The zero-order chi connectivity index (χ0) is 17.3. The molecule has 23 heavy (non-hydrogen) atoms. The monoisotopic (exact) mass is 343 g/mol. The van der Waals surface area contributed by atoms with Crippen molar-refractivity contribution in [1.29, 1.82) is 0 Å². The van der Waals surface area contributed by atoms with Crippen molar-refractivity contribution in [2.24, 2.45) is 11.7 Å². The van der Waals surface area contributed by atoms with E-state index in [1.54, 1.807) is 6.92 Å². The molecule has 0 unspecified atom stereocenters. The molecule has 0 amide bonds. The van der Waals surface area contributed by atoms with Crippen molar-refractivity contribution in [3.8, 4) is 0 Å². The molecule has 1 aromatic carbocycles. The van der Waals surface area contributed by atoms with E-state index in [1.807, 2.05) is 0 Å². The molecule has 2 N–H and O–H groups in total. The van der Waals surface area contributed by atoms with Gasteiger partial charge in [0, 0.05) is 16.8 Å². The third-order valence-corrected chi connectivity index (χ3v) is 4.01. The fourth-order valence-electron chi connectivity index (χ4n) is 2.13. The van der Waals surface area contributed by atoms with Crippen LogP contribution in [-0.2, 0) is 9.53 Å². The molecule has 0 heterocycles. The maximum atomic E-state index is 13.9. The third-order valence-electron chi connectivity index (χ3n) is 3.64. The minimum atomic E-state index is -1.04. The number of halogens is 3. The van der Waals surface area contributed by atoms with E-state index in [4.69, 9.17) is 22.1 Å². The lowest BCUT2D eigenvalue weighted by molar-refractivity contribution is -0.138. The molecule has 1 aliphatic rings. The van der Waals surface area contributed by atoms with Crippen LogP contribution in [0.4, 0.5) is 8.78 Å². The molecule has 1 saturated carbocycles. The summed E-state index contributed by atoms with van der Waals surface area (Å²) in [4.78, 5) is 24.7. The average molecular weight is 344 g/mol. The number of esters is 1. The van der Waals surface area contributed by atoms with E-state index in [1.165, 1.54) is 6.92 Å². The molecule has 7 heteroatoms. The number of hydrogen-bond acceptors (Lipinski definition) is 4. The summed E-state index contributed by atoms with van der Waals surface area (Å²) in [6.07, 6.45) is 1.48. The van der Waals surface area contributed by atoms with Gasteiger partial charge in [0.25, 0.3) is 0 Å². The Morgan fingerprint density at radius 1 is 1.39 bits per heavy atom. The van der Waals surface area contributed by atoms with Gasteiger partial charge in [-0.25, -0.2) is 13.6 Å². The highest BCUT2D eigenvalue weighted by molar-refractivity contribution is 6.37. The summed E-state index contributed by atoms with van der Waals surface area (Å²) in [6.45, 7) is 2.81. The Kier molecular flexibility index (Phi) is 5.04. The van der Waals surface area contributed by atoms with Crippen LogP contribution in [0, 0.1) is 24.5 Å². The van der Waals surface area contributed by atoms with Crippen LogP contribution in [-0.4, -0.2) is 18.4 Å². The van der Waals surface area contributed by atoms with Crippen molar-refractivity contribution in [2.45, 2.75) is 26.7 Å². The number of Topliss-reactive ketones (excluding diaryl/α,β-unsaturated/α-hetero) is 1. The topological polar surface area (TPSA) is 69.4 Å². The zero-order valence-electron chi connectivity index (χ0n) is 12.7. The average Bonchev–Trinajstić information content (AvgIpc) is 3.33. The second-order valence-electron chi connectivity index (χ2n) is 5.31. The highest BCUT2D eigenvalue weighted by atomic mass is 35.5. The molecule has 0 bridgehead atoms. The van der Waals surface area contributed by atoms with Crippen molar-refractivity contribution in [3.63, 3.8) is 0 Å². The van der Waals surface area contributed by atoms with Crippen LogP contribution in [0.1, 0.15) is 35.7 Å². The van der Waals surface area contributed by atoms with Gasteiger partial charge in [0.1, 0.15) is 17.2 Å². The molecule has 0 atom stereocenters. The lowest BCUT2D eigenvalue weighted by Crippen LogP contribution is -2.23. The Labute approximate surface area is 137 Å². The quantitative estimate of drug-likeness (QED) is 0.222. The van der Waals surface area contributed by atoms with Gasteiger partial charge >= 0.3 is 5.97 Å². The van der Waals surface area contributed by atoms with Gasteiger partial charge in [0.2, 0.25) is 5.78 Å². The molecule has 2 rings (SSSR count). The predicted molar refractivity (Wildman–Crippen MR) is 81.0 cm³/mol. The van der Waals surface area contributed by atoms with Crippen LogP contribution in [0.2, 0.25) is 5.02 Å². The van der Waals surface area contributed by atoms with E-state index in [0.29, 0.717) is 0 Å². The predicted octanol–water partition coefficient (Wildman–Crippen LogP) is 3.30. The van der Waals surface area contributed by atoms with Gasteiger partial charge in [-0.15, -0.1) is 0 Å². The van der Waals surface area contributed by atoms with Crippen LogP contribution in [0.3, 0.4) is 0 Å². The first-order valence-corrected chi connectivity index (χ1v) is 7.52. The standard InChI is InChI=1S/C16H16ClF2NO3/c1-3-23-16(22)11(14(20)8-4-5-8)15(21)9-6-10(18)7(2)13(19)12(9)17/h6,8H,3-5,20H2,1-2H3. The summed E-state index contributed by atoms with van der Waals surface area (Å²) in [5.41, 5.74) is 4.80. The fraction of sp³-hybridized carbons (Fsp3) is 0.375. The summed E-state index contributed by atoms with van der Waals surface area (Å²) in [7, 11) is 0. The van der Waals surface area contributed by atoms with E-state index >= 15 is 0 Å². The highest BCUT2D eigenvalue weighted by Gasteiger charge is 2.34. The van der Waals surface area contributed by atoms with Crippen molar-refractivity contribution >= 4 is 23.4 Å². The van der Waals surface area contributed by atoms with Crippen molar-refractivity contribution in [3.05, 3.63) is 45.1 Å². The Bertz CT molecular complexity index is 712. The molecule has 0 aliphatic heterocycles. The first kappa shape index (κ1) is 17.4. The van der Waals surface area contributed by atoms with Crippen LogP contribution in [0.5, 0.6) is 0 Å². The number of carbonyl (C=O) groups excluding carboxylic acids is 2. The number of carbonyl (C=O) groups is 2. The van der Waals surface area contributed by atoms with Crippen LogP contribution in [0.25, 0.3) is 0 Å². The van der Waals surface area contributed by atoms with E-state index < -0.39 is 39.5 Å². The summed E-state index contributed by atoms with van der Waals surface area (Å²) in [6, 6.07) is 0.808. The van der Waals surface area contributed by atoms with Gasteiger partial charge in [0.15, 0.2) is 0 Å². The first-order valence-electron chi connectivity index (χ1n) is 7.15. The minimum absolute atomic E-state index is 0.0396. The molecule has 0 radical (unpaired) electrons. The first-order chi connectivity index (χ1) is 10.8. The van der Waals surface area contributed by atoms with Crippen LogP contribution >= 0.6 is 11.6 Å². The number of nitrogens with two attached hydrogens (primary N) is 1. The normalized spacial score (nSPS) is 15.2. The van der Waals surface area contributed by atoms with Gasteiger partial charge in [-0.1, -0.05) is 11.6 Å². The lowest BCUT2D eigenvalue weighted by Gasteiger charge is -2.12. The van der Waals surface area contributed by atoms with E-state index in [2.05, 4.69) is 0 Å². The number of ether oxygens (including phenoxy) is 1. The molecule has 124 valence electrons. The van der Waals surface area contributed by atoms with Gasteiger partial charge < -0.3 is 10.5 Å². The van der Waals surface area contributed by atoms with Gasteiger partial charge in [-0.3, -0.25) is 4.79 Å². The summed E-state index contributed by atoms with van der Waals surface area (Å²) >= 11 is 5.81. The molecule has 4 nitrogen and oxygen atoms in total. The van der Waals surface area contributed by atoms with Gasteiger partial charge in [-0.2, -0.15) is 0 Å². The second-order valence-corrected chi connectivity index (χ2v) is 5.69. The Balaban J connectivity index is 2.55. The van der Waals surface area contributed by atoms with Crippen molar-refractivity contribution in [1.82, 2.24) is 0 Å². The minimum Gasteiger partial charge on any atom is -0.462 e. The van der Waals surface area contributed by atoms with Crippen molar-refractivity contribution < 1.29 is 23.1 Å². The number of benzene rings is 1. The molecule has 0 spiro atoms. The van der Waals surface area contributed by atoms with Crippen LogP contribution in [0.15, 0.2) is 17.3 Å². The molecule has 0 saturated heterocycles. The highest BCUT2D eigenvalue weighted by Crippen LogP contribution is 2.37.